The van der Waals surface area contributed by atoms with Crippen molar-refractivity contribution < 1.29 is 18.3 Å². The number of nitrogens with zero attached hydrogens (tertiary/aromatic N) is 1. The molecule has 0 saturated heterocycles. The number of rotatable bonds is 3. The maximum atomic E-state index is 12.2. The Morgan fingerprint density at radius 3 is 2.44 bits per heavy atom. The monoisotopic (exact) mass is 232 g/mol. The Hall–Kier alpha value is -1.30. The second-order valence-corrected chi connectivity index (χ2v) is 3.99. The first-order chi connectivity index (χ1) is 7.45. The summed E-state index contributed by atoms with van der Waals surface area (Å²) in [5, 5.41) is 12.0. The van der Waals surface area contributed by atoms with E-state index < -0.39 is 11.7 Å². The van der Waals surface area contributed by atoms with Gasteiger partial charge in [-0.3, -0.25) is 0 Å². The van der Waals surface area contributed by atoms with Crippen molar-refractivity contribution in [1.29, 1.82) is 0 Å². The van der Waals surface area contributed by atoms with Crippen molar-refractivity contribution in [2.45, 2.75) is 24.6 Å². The molecule has 2 N–H and O–H groups in total. The van der Waals surface area contributed by atoms with Gasteiger partial charge < -0.3 is 10.4 Å². The number of anilines is 1. The van der Waals surface area contributed by atoms with Gasteiger partial charge in [-0.25, -0.2) is 4.98 Å². The van der Waals surface area contributed by atoms with Crippen LogP contribution >= 0.6 is 0 Å². The average molecular weight is 232 g/mol. The summed E-state index contributed by atoms with van der Waals surface area (Å²) in [6.07, 6.45) is -1.95. The minimum absolute atomic E-state index is 0.0320. The standard InChI is InChI=1S/C10H11F3N2O/c11-10(12,13)7-1-2-8(14-5-7)15-9(6-16)3-4-9/h1-2,5,16H,3-4,6H2,(H,14,15). The Bertz CT molecular complexity index is 371. The predicted octanol–water partition coefficient (Wildman–Crippen LogP) is 2.04. The molecule has 1 aliphatic rings. The summed E-state index contributed by atoms with van der Waals surface area (Å²) in [6, 6.07) is 2.25. The summed E-state index contributed by atoms with van der Waals surface area (Å²) in [6.45, 7) is -0.0320. The molecule has 0 bridgehead atoms. The van der Waals surface area contributed by atoms with Gasteiger partial charge in [-0.2, -0.15) is 13.2 Å². The quantitative estimate of drug-likeness (QED) is 0.838. The van der Waals surface area contributed by atoms with Crippen LogP contribution in [0, 0.1) is 0 Å². The van der Waals surface area contributed by atoms with Crippen molar-refractivity contribution in [3.63, 3.8) is 0 Å². The van der Waals surface area contributed by atoms with Crippen LogP contribution in [0.2, 0.25) is 0 Å². The van der Waals surface area contributed by atoms with Gasteiger partial charge in [0.25, 0.3) is 0 Å². The van der Waals surface area contributed by atoms with Crippen molar-refractivity contribution in [3.8, 4) is 0 Å². The molecule has 16 heavy (non-hydrogen) atoms. The van der Waals surface area contributed by atoms with Crippen LogP contribution in [-0.4, -0.2) is 22.2 Å². The van der Waals surface area contributed by atoms with E-state index in [0.717, 1.165) is 25.1 Å². The topological polar surface area (TPSA) is 45.1 Å². The molecule has 0 spiro atoms. The minimum Gasteiger partial charge on any atom is -0.394 e. The van der Waals surface area contributed by atoms with Crippen LogP contribution in [0.1, 0.15) is 18.4 Å². The van der Waals surface area contributed by atoms with Crippen LogP contribution in [0.5, 0.6) is 0 Å². The number of hydrogen-bond donors (Lipinski definition) is 2. The van der Waals surface area contributed by atoms with Crippen LogP contribution in [0.4, 0.5) is 19.0 Å². The number of halogens is 3. The summed E-state index contributed by atoms with van der Waals surface area (Å²) in [4.78, 5) is 3.68. The molecule has 2 rings (SSSR count). The van der Waals surface area contributed by atoms with Gasteiger partial charge in [0.2, 0.25) is 0 Å². The van der Waals surface area contributed by atoms with Gasteiger partial charge in [0, 0.05) is 6.20 Å². The number of alkyl halides is 3. The summed E-state index contributed by atoms with van der Waals surface area (Å²) < 4.78 is 36.7. The smallest absolute Gasteiger partial charge is 0.394 e. The maximum Gasteiger partial charge on any atom is 0.417 e. The van der Waals surface area contributed by atoms with E-state index >= 15 is 0 Å². The van der Waals surface area contributed by atoms with Crippen LogP contribution < -0.4 is 5.32 Å². The van der Waals surface area contributed by atoms with Crippen LogP contribution in [0.15, 0.2) is 18.3 Å². The zero-order valence-corrected chi connectivity index (χ0v) is 8.38. The van der Waals surface area contributed by atoms with Crippen LogP contribution in [0.3, 0.4) is 0 Å². The molecule has 1 saturated carbocycles. The van der Waals surface area contributed by atoms with E-state index in [4.69, 9.17) is 5.11 Å². The first-order valence-corrected chi connectivity index (χ1v) is 4.87. The lowest BCUT2D eigenvalue weighted by atomic mass is 10.2. The highest BCUT2D eigenvalue weighted by molar-refractivity contribution is 5.41. The van der Waals surface area contributed by atoms with Crippen molar-refractivity contribution in [1.82, 2.24) is 4.98 Å². The second-order valence-electron chi connectivity index (χ2n) is 3.99. The lowest BCUT2D eigenvalue weighted by Gasteiger charge is -2.15. The fourth-order valence-corrected chi connectivity index (χ4v) is 1.38. The molecule has 1 aliphatic carbocycles. The zero-order chi connectivity index (χ0) is 11.8. The molecule has 1 heterocycles. The molecule has 0 aliphatic heterocycles. The second kappa shape index (κ2) is 3.62. The van der Waals surface area contributed by atoms with Gasteiger partial charge in [-0.05, 0) is 25.0 Å². The molecular weight excluding hydrogens is 221 g/mol. The lowest BCUT2D eigenvalue weighted by molar-refractivity contribution is -0.137. The molecule has 0 amide bonds. The molecule has 88 valence electrons. The normalized spacial score (nSPS) is 18.2. The Balaban J connectivity index is 2.08. The Labute approximate surface area is 90.3 Å². The molecule has 1 fully saturated rings. The van der Waals surface area contributed by atoms with Crippen molar-refractivity contribution in [2.75, 3.05) is 11.9 Å². The van der Waals surface area contributed by atoms with Gasteiger partial charge >= 0.3 is 6.18 Å². The van der Waals surface area contributed by atoms with Crippen LogP contribution in [-0.2, 0) is 6.18 Å². The number of pyridine rings is 1. The molecule has 6 heteroatoms. The summed E-state index contributed by atoms with van der Waals surface area (Å²) in [7, 11) is 0. The van der Waals surface area contributed by atoms with E-state index in [-0.39, 0.29) is 12.1 Å². The highest BCUT2D eigenvalue weighted by Crippen LogP contribution is 2.38. The van der Waals surface area contributed by atoms with Gasteiger partial charge in [0.05, 0.1) is 17.7 Å². The first kappa shape index (κ1) is 11.2. The van der Waals surface area contributed by atoms with E-state index in [0.29, 0.717) is 5.82 Å². The number of aliphatic hydroxyl groups is 1. The maximum absolute atomic E-state index is 12.2. The molecule has 0 aromatic carbocycles. The van der Waals surface area contributed by atoms with E-state index in [1.54, 1.807) is 0 Å². The predicted molar refractivity (Wildman–Crippen MR) is 51.9 cm³/mol. The zero-order valence-electron chi connectivity index (χ0n) is 8.38. The Kier molecular flexibility index (Phi) is 2.53. The number of aliphatic hydroxyl groups excluding tert-OH is 1. The summed E-state index contributed by atoms with van der Waals surface area (Å²) in [5.74, 6) is 0.361. The van der Waals surface area contributed by atoms with Crippen molar-refractivity contribution >= 4 is 5.82 Å². The van der Waals surface area contributed by atoms with Gasteiger partial charge in [0.15, 0.2) is 0 Å². The fourth-order valence-electron chi connectivity index (χ4n) is 1.38. The first-order valence-electron chi connectivity index (χ1n) is 4.87. The van der Waals surface area contributed by atoms with E-state index in [1.165, 1.54) is 6.07 Å². The van der Waals surface area contributed by atoms with Crippen molar-refractivity contribution in [2.24, 2.45) is 0 Å². The Morgan fingerprint density at radius 1 is 1.38 bits per heavy atom. The third-order valence-corrected chi connectivity index (χ3v) is 2.64. The molecule has 0 unspecified atom stereocenters. The third-order valence-electron chi connectivity index (χ3n) is 2.64. The van der Waals surface area contributed by atoms with Crippen LogP contribution in [0.25, 0.3) is 0 Å². The molecular formula is C10H11F3N2O. The molecule has 1 aromatic rings. The molecule has 1 aromatic heterocycles. The van der Waals surface area contributed by atoms with E-state index in [1.807, 2.05) is 0 Å². The summed E-state index contributed by atoms with van der Waals surface area (Å²) >= 11 is 0. The minimum atomic E-state index is -4.36. The Morgan fingerprint density at radius 2 is 2.06 bits per heavy atom. The fraction of sp³-hybridized carbons (Fsp3) is 0.500. The number of hydrogen-bond acceptors (Lipinski definition) is 3. The van der Waals surface area contributed by atoms with Gasteiger partial charge in [0.1, 0.15) is 5.82 Å². The summed E-state index contributed by atoms with van der Waals surface area (Å²) in [5.41, 5.74) is -1.14. The van der Waals surface area contributed by atoms with E-state index in [2.05, 4.69) is 10.3 Å². The lowest BCUT2D eigenvalue weighted by Crippen LogP contribution is -2.26. The number of nitrogens with one attached hydrogen (secondary N) is 1. The molecule has 0 radical (unpaired) electrons. The SMILES string of the molecule is OCC1(Nc2ccc(C(F)(F)F)cn2)CC1. The van der Waals surface area contributed by atoms with Gasteiger partial charge in [-0.15, -0.1) is 0 Å². The third kappa shape index (κ3) is 2.27. The highest BCUT2D eigenvalue weighted by atomic mass is 19.4. The molecule has 0 atom stereocenters. The highest BCUT2D eigenvalue weighted by Gasteiger charge is 2.42. The van der Waals surface area contributed by atoms with Gasteiger partial charge in [-0.1, -0.05) is 0 Å². The number of aromatic nitrogens is 1. The molecule has 3 nitrogen and oxygen atoms in total. The van der Waals surface area contributed by atoms with Crippen molar-refractivity contribution in [3.05, 3.63) is 23.9 Å². The van der Waals surface area contributed by atoms with E-state index in [9.17, 15) is 13.2 Å². The largest absolute Gasteiger partial charge is 0.417 e. The average Bonchev–Trinajstić information content (AvgIpc) is 2.98.